The van der Waals surface area contributed by atoms with E-state index < -0.39 is 0 Å². The van der Waals surface area contributed by atoms with Crippen LogP contribution < -0.4 is 0 Å². The molecule has 112 valence electrons. The fourth-order valence-corrected chi connectivity index (χ4v) is 3.21. The standard InChI is InChI=1S/C19H19FN2/c20-18-8-4-5-16(13-18)14-22-11-9-19(15-21,10-12-22)17-6-2-1-3-7-17/h1-8,13H,9-12,14H2. The molecule has 0 saturated carbocycles. The van der Waals surface area contributed by atoms with E-state index in [2.05, 4.69) is 11.0 Å². The summed E-state index contributed by atoms with van der Waals surface area (Å²) in [6.07, 6.45) is 1.64. The molecule has 1 saturated heterocycles. The predicted octanol–water partition coefficient (Wildman–Crippen LogP) is 3.88. The number of likely N-dealkylation sites (tertiary alicyclic amines) is 1. The summed E-state index contributed by atoms with van der Waals surface area (Å²) in [5, 5.41) is 9.69. The van der Waals surface area contributed by atoms with Gasteiger partial charge in [0.2, 0.25) is 0 Å². The topological polar surface area (TPSA) is 27.0 Å². The van der Waals surface area contributed by atoms with Crippen LogP contribution in [0, 0.1) is 17.1 Å². The number of nitrogens with zero attached hydrogens (tertiary/aromatic N) is 2. The number of hydrogen-bond acceptors (Lipinski definition) is 2. The highest BCUT2D eigenvalue weighted by molar-refractivity contribution is 5.33. The van der Waals surface area contributed by atoms with Crippen molar-refractivity contribution in [1.82, 2.24) is 4.90 Å². The van der Waals surface area contributed by atoms with E-state index in [1.807, 2.05) is 36.4 Å². The van der Waals surface area contributed by atoms with E-state index in [1.165, 1.54) is 6.07 Å². The zero-order valence-electron chi connectivity index (χ0n) is 12.5. The number of nitriles is 1. The minimum absolute atomic E-state index is 0.190. The summed E-state index contributed by atoms with van der Waals surface area (Å²) in [5.41, 5.74) is 1.73. The van der Waals surface area contributed by atoms with Crippen molar-refractivity contribution in [3.63, 3.8) is 0 Å². The molecule has 2 aromatic carbocycles. The van der Waals surface area contributed by atoms with Crippen LogP contribution in [0.3, 0.4) is 0 Å². The molecule has 0 spiro atoms. The van der Waals surface area contributed by atoms with Crippen LogP contribution in [-0.2, 0) is 12.0 Å². The summed E-state index contributed by atoms with van der Waals surface area (Å²) in [7, 11) is 0. The molecule has 1 aliphatic heterocycles. The minimum Gasteiger partial charge on any atom is -0.299 e. The molecule has 1 fully saturated rings. The second kappa shape index (κ2) is 6.29. The number of piperidine rings is 1. The number of halogens is 1. The van der Waals surface area contributed by atoms with Crippen LogP contribution in [0.4, 0.5) is 4.39 Å². The number of rotatable bonds is 3. The Kier molecular flexibility index (Phi) is 4.22. The largest absolute Gasteiger partial charge is 0.299 e. The third-order valence-electron chi connectivity index (χ3n) is 4.55. The summed E-state index contributed by atoms with van der Waals surface area (Å²) >= 11 is 0. The lowest BCUT2D eigenvalue weighted by molar-refractivity contribution is 0.179. The van der Waals surface area contributed by atoms with E-state index in [1.54, 1.807) is 12.1 Å². The summed E-state index contributed by atoms with van der Waals surface area (Å²) in [6, 6.07) is 19.4. The lowest BCUT2D eigenvalue weighted by Crippen LogP contribution is -2.41. The second-order valence-corrected chi connectivity index (χ2v) is 5.97. The lowest BCUT2D eigenvalue weighted by Gasteiger charge is -2.37. The van der Waals surface area contributed by atoms with Crippen molar-refractivity contribution in [3.8, 4) is 6.07 Å². The number of hydrogen-bond donors (Lipinski definition) is 0. The third kappa shape index (κ3) is 3.03. The average molecular weight is 294 g/mol. The maximum absolute atomic E-state index is 13.3. The monoisotopic (exact) mass is 294 g/mol. The molecular formula is C19H19FN2. The molecular weight excluding hydrogens is 275 g/mol. The SMILES string of the molecule is N#CC1(c2ccccc2)CCN(Cc2cccc(F)c2)CC1. The van der Waals surface area contributed by atoms with Gasteiger partial charge >= 0.3 is 0 Å². The summed E-state index contributed by atoms with van der Waals surface area (Å²) in [4.78, 5) is 2.30. The molecule has 3 heteroatoms. The average Bonchev–Trinajstić information content (AvgIpc) is 2.57. The normalized spacial score (nSPS) is 17.8. The Bertz CT molecular complexity index is 667. The first-order valence-electron chi connectivity index (χ1n) is 7.65. The molecule has 0 unspecified atom stereocenters. The van der Waals surface area contributed by atoms with Crippen LogP contribution in [0.25, 0.3) is 0 Å². The van der Waals surface area contributed by atoms with E-state index in [9.17, 15) is 9.65 Å². The van der Waals surface area contributed by atoms with Gasteiger partial charge in [-0.1, -0.05) is 42.5 Å². The molecule has 2 aromatic rings. The Balaban J connectivity index is 1.68. The zero-order valence-corrected chi connectivity index (χ0v) is 12.5. The first-order valence-corrected chi connectivity index (χ1v) is 7.65. The molecule has 0 N–H and O–H groups in total. The highest BCUT2D eigenvalue weighted by atomic mass is 19.1. The molecule has 1 aliphatic rings. The van der Waals surface area contributed by atoms with Gasteiger partial charge in [0.25, 0.3) is 0 Å². The maximum Gasteiger partial charge on any atom is 0.123 e. The Labute approximate surface area is 130 Å². The van der Waals surface area contributed by atoms with Gasteiger partial charge in [0.1, 0.15) is 5.82 Å². The van der Waals surface area contributed by atoms with Gasteiger partial charge < -0.3 is 0 Å². The number of benzene rings is 2. The van der Waals surface area contributed by atoms with E-state index in [-0.39, 0.29) is 11.2 Å². The molecule has 3 rings (SSSR count). The van der Waals surface area contributed by atoms with Gasteiger partial charge in [-0.3, -0.25) is 4.90 Å². The molecule has 0 bridgehead atoms. The molecule has 0 amide bonds. The fraction of sp³-hybridized carbons (Fsp3) is 0.316. The molecule has 0 aliphatic carbocycles. The Morgan fingerprint density at radius 2 is 1.77 bits per heavy atom. The maximum atomic E-state index is 13.3. The smallest absolute Gasteiger partial charge is 0.123 e. The fourth-order valence-electron chi connectivity index (χ4n) is 3.21. The Morgan fingerprint density at radius 1 is 1.05 bits per heavy atom. The molecule has 2 nitrogen and oxygen atoms in total. The van der Waals surface area contributed by atoms with Crippen molar-refractivity contribution in [2.75, 3.05) is 13.1 Å². The van der Waals surface area contributed by atoms with Gasteiger partial charge in [-0.25, -0.2) is 4.39 Å². The van der Waals surface area contributed by atoms with E-state index in [0.717, 1.165) is 43.6 Å². The van der Waals surface area contributed by atoms with Crippen LogP contribution >= 0.6 is 0 Å². The molecule has 0 radical (unpaired) electrons. The molecule has 22 heavy (non-hydrogen) atoms. The van der Waals surface area contributed by atoms with Gasteiger partial charge in [0.05, 0.1) is 11.5 Å². The quantitative estimate of drug-likeness (QED) is 0.859. The van der Waals surface area contributed by atoms with Crippen LogP contribution in [0.5, 0.6) is 0 Å². The highest BCUT2D eigenvalue weighted by Crippen LogP contribution is 2.35. The van der Waals surface area contributed by atoms with Crippen molar-refractivity contribution in [2.45, 2.75) is 24.8 Å². The van der Waals surface area contributed by atoms with Gasteiger partial charge in [0.15, 0.2) is 0 Å². The van der Waals surface area contributed by atoms with E-state index in [4.69, 9.17) is 0 Å². The Hall–Kier alpha value is -2.18. The van der Waals surface area contributed by atoms with Crippen LogP contribution in [0.2, 0.25) is 0 Å². The summed E-state index contributed by atoms with van der Waals surface area (Å²) in [6.45, 7) is 2.46. The second-order valence-electron chi connectivity index (χ2n) is 5.97. The minimum atomic E-state index is -0.375. The van der Waals surface area contributed by atoms with Crippen molar-refractivity contribution >= 4 is 0 Å². The molecule has 0 atom stereocenters. The van der Waals surface area contributed by atoms with Crippen LogP contribution in [0.1, 0.15) is 24.0 Å². The van der Waals surface area contributed by atoms with Gasteiger partial charge in [0, 0.05) is 19.6 Å². The van der Waals surface area contributed by atoms with Crippen molar-refractivity contribution < 1.29 is 4.39 Å². The molecule has 0 aromatic heterocycles. The van der Waals surface area contributed by atoms with E-state index in [0.29, 0.717) is 0 Å². The van der Waals surface area contributed by atoms with Crippen LogP contribution in [0.15, 0.2) is 54.6 Å². The van der Waals surface area contributed by atoms with Gasteiger partial charge in [-0.2, -0.15) is 5.26 Å². The van der Waals surface area contributed by atoms with Crippen molar-refractivity contribution in [1.29, 1.82) is 5.26 Å². The first kappa shape index (κ1) is 14.7. The molecule has 1 heterocycles. The van der Waals surface area contributed by atoms with Crippen LogP contribution in [-0.4, -0.2) is 18.0 Å². The predicted molar refractivity (Wildman–Crippen MR) is 84.6 cm³/mol. The van der Waals surface area contributed by atoms with Gasteiger partial charge in [-0.05, 0) is 36.1 Å². The zero-order chi connectivity index (χ0) is 15.4. The van der Waals surface area contributed by atoms with Crippen molar-refractivity contribution in [3.05, 3.63) is 71.5 Å². The highest BCUT2D eigenvalue weighted by Gasteiger charge is 2.36. The van der Waals surface area contributed by atoms with Crippen molar-refractivity contribution in [2.24, 2.45) is 0 Å². The van der Waals surface area contributed by atoms with E-state index >= 15 is 0 Å². The first-order chi connectivity index (χ1) is 10.7. The Morgan fingerprint density at radius 3 is 2.41 bits per heavy atom. The third-order valence-corrected chi connectivity index (χ3v) is 4.55. The summed E-state index contributed by atoms with van der Waals surface area (Å²) < 4.78 is 13.3. The summed E-state index contributed by atoms with van der Waals surface area (Å²) in [5.74, 6) is -0.190. The lowest BCUT2D eigenvalue weighted by atomic mass is 9.74. The van der Waals surface area contributed by atoms with Gasteiger partial charge in [-0.15, -0.1) is 0 Å².